The molecule has 0 aromatic heterocycles. The van der Waals surface area contributed by atoms with Gasteiger partial charge in [-0.05, 0) is 64.6 Å². The van der Waals surface area contributed by atoms with E-state index in [0.29, 0.717) is 40.1 Å². The molecule has 0 radical (unpaired) electrons. The average molecular weight is 621 g/mol. The summed E-state index contributed by atoms with van der Waals surface area (Å²) >= 11 is 8.51. The molecule has 0 N–H and O–H groups in total. The number of hydrazone groups is 1. The minimum atomic E-state index is -0.196. The van der Waals surface area contributed by atoms with Gasteiger partial charge < -0.3 is 9.47 Å². The molecule has 0 fully saturated rings. The molecule has 0 saturated carbocycles. The van der Waals surface area contributed by atoms with Crippen molar-refractivity contribution in [2.75, 3.05) is 12.1 Å². The summed E-state index contributed by atoms with van der Waals surface area (Å²) in [5.41, 5.74) is 4.37. The monoisotopic (exact) mass is 620 g/mol. The van der Waals surface area contributed by atoms with Crippen molar-refractivity contribution in [3.05, 3.63) is 128 Å². The van der Waals surface area contributed by atoms with Crippen LogP contribution in [0.2, 0.25) is 5.02 Å². The molecule has 0 aliphatic carbocycles. The van der Waals surface area contributed by atoms with Gasteiger partial charge in [-0.3, -0.25) is 4.79 Å². The molecular formula is C30H22ClIN2O3. The molecule has 4 aromatic rings. The number of amides is 1. The third-order valence-electron chi connectivity index (χ3n) is 5.82. The van der Waals surface area contributed by atoms with E-state index in [4.69, 9.17) is 26.2 Å². The van der Waals surface area contributed by atoms with Crippen LogP contribution < -0.4 is 14.5 Å². The van der Waals surface area contributed by atoms with Crippen LogP contribution in [0.1, 0.15) is 16.7 Å². The van der Waals surface area contributed by atoms with E-state index in [9.17, 15) is 4.79 Å². The quantitative estimate of drug-likeness (QED) is 0.160. The van der Waals surface area contributed by atoms with Gasteiger partial charge in [0.2, 0.25) is 0 Å². The number of hydrogen-bond donors (Lipinski definition) is 0. The Morgan fingerprint density at radius 2 is 1.62 bits per heavy atom. The van der Waals surface area contributed by atoms with Crippen molar-refractivity contribution >= 4 is 57.6 Å². The maximum absolute atomic E-state index is 13.6. The van der Waals surface area contributed by atoms with Gasteiger partial charge in [-0.25, -0.2) is 0 Å². The van der Waals surface area contributed by atoms with Crippen LogP contribution in [0.5, 0.6) is 11.5 Å². The fraction of sp³-hybridized carbons (Fsp3) is 0.0667. The van der Waals surface area contributed by atoms with Crippen LogP contribution in [0.25, 0.3) is 6.08 Å². The first-order valence-electron chi connectivity index (χ1n) is 11.5. The zero-order valence-corrected chi connectivity index (χ0v) is 22.8. The maximum atomic E-state index is 13.6. The molecule has 1 amide bonds. The van der Waals surface area contributed by atoms with Gasteiger partial charge in [0.25, 0.3) is 5.91 Å². The summed E-state index contributed by atoms with van der Waals surface area (Å²) in [6.07, 6.45) is 1.85. The number of rotatable bonds is 7. The van der Waals surface area contributed by atoms with Gasteiger partial charge in [-0.15, -0.1) is 0 Å². The van der Waals surface area contributed by atoms with Crippen molar-refractivity contribution in [1.29, 1.82) is 0 Å². The predicted octanol–water partition coefficient (Wildman–Crippen LogP) is 7.37. The molecule has 1 heterocycles. The van der Waals surface area contributed by atoms with E-state index in [1.807, 2.05) is 103 Å². The van der Waals surface area contributed by atoms with E-state index in [0.717, 1.165) is 20.3 Å². The van der Waals surface area contributed by atoms with Gasteiger partial charge in [0.1, 0.15) is 12.3 Å². The van der Waals surface area contributed by atoms with E-state index in [1.165, 1.54) is 5.01 Å². The summed E-state index contributed by atoms with van der Waals surface area (Å²) in [5, 5.41) is 6.79. The molecule has 0 bridgehead atoms. The van der Waals surface area contributed by atoms with Crippen LogP contribution in [0.15, 0.2) is 108 Å². The van der Waals surface area contributed by atoms with Crippen LogP contribution in [0, 0.1) is 3.57 Å². The number of benzene rings is 4. The molecule has 1 aliphatic heterocycles. The summed E-state index contributed by atoms with van der Waals surface area (Å²) in [5.74, 6) is 0.984. The fourth-order valence-corrected chi connectivity index (χ4v) is 4.96. The Morgan fingerprint density at radius 3 is 2.32 bits per heavy atom. The van der Waals surface area contributed by atoms with Crippen LogP contribution in [0.4, 0.5) is 5.69 Å². The molecule has 37 heavy (non-hydrogen) atoms. The highest BCUT2D eigenvalue weighted by molar-refractivity contribution is 14.1. The molecule has 184 valence electrons. The van der Waals surface area contributed by atoms with E-state index in [2.05, 4.69) is 22.6 Å². The lowest BCUT2D eigenvalue weighted by Gasteiger charge is -2.15. The number of ether oxygens (including phenoxy) is 2. The van der Waals surface area contributed by atoms with Crippen LogP contribution in [0.3, 0.4) is 0 Å². The number of methoxy groups -OCH3 is 1. The van der Waals surface area contributed by atoms with Gasteiger partial charge in [-0.2, -0.15) is 10.1 Å². The Morgan fingerprint density at radius 1 is 0.946 bits per heavy atom. The number of carbonyl (C=O) groups excluding carboxylic acids is 1. The molecule has 0 atom stereocenters. The summed E-state index contributed by atoms with van der Waals surface area (Å²) < 4.78 is 12.6. The highest BCUT2D eigenvalue weighted by Crippen LogP contribution is 2.36. The van der Waals surface area contributed by atoms with Crippen molar-refractivity contribution in [2.24, 2.45) is 5.10 Å². The van der Waals surface area contributed by atoms with Crippen molar-refractivity contribution in [2.45, 2.75) is 6.61 Å². The number of para-hydroxylation sites is 1. The zero-order valence-electron chi connectivity index (χ0n) is 19.9. The number of carbonyl (C=O) groups is 1. The fourth-order valence-electron chi connectivity index (χ4n) is 3.99. The number of nitrogens with zero attached hydrogens (tertiary/aromatic N) is 2. The number of hydrogen-bond acceptors (Lipinski definition) is 4. The molecule has 0 unspecified atom stereocenters. The molecule has 0 spiro atoms. The first-order chi connectivity index (χ1) is 18.0. The van der Waals surface area contributed by atoms with E-state index >= 15 is 0 Å². The molecule has 0 saturated heterocycles. The smallest absolute Gasteiger partial charge is 0.281 e. The lowest BCUT2D eigenvalue weighted by atomic mass is 10.00. The van der Waals surface area contributed by atoms with Crippen molar-refractivity contribution in [1.82, 2.24) is 0 Å². The van der Waals surface area contributed by atoms with Gasteiger partial charge in [0, 0.05) is 16.1 Å². The lowest BCUT2D eigenvalue weighted by Crippen LogP contribution is -2.21. The topological polar surface area (TPSA) is 51.1 Å². The van der Waals surface area contributed by atoms with Crippen LogP contribution in [-0.4, -0.2) is 18.7 Å². The Bertz CT molecular complexity index is 1500. The maximum Gasteiger partial charge on any atom is 0.281 e. The molecule has 1 aliphatic rings. The van der Waals surface area contributed by atoms with Crippen molar-refractivity contribution in [3.8, 4) is 11.5 Å². The zero-order chi connectivity index (χ0) is 25.8. The van der Waals surface area contributed by atoms with Gasteiger partial charge in [0.15, 0.2) is 11.5 Å². The van der Waals surface area contributed by atoms with Gasteiger partial charge in [0.05, 0.1) is 21.9 Å². The molecule has 5 nitrogen and oxygen atoms in total. The Hall–Kier alpha value is -3.62. The predicted molar refractivity (Wildman–Crippen MR) is 156 cm³/mol. The summed E-state index contributed by atoms with van der Waals surface area (Å²) in [6.45, 7) is 0.307. The summed E-state index contributed by atoms with van der Waals surface area (Å²) in [7, 11) is 1.60. The first-order valence-corrected chi connectivity index (χ1v) is 13.0. The SMILES string of the molecule is COc1cc(/C=C2\C(=O)N(c3ccccc3)N=C2c2ccccc2)cc(I)c1OCc1ccccc1Cl. The number of anilines is 1. The third kappa shape index (κ3) is 5.40. The average Bonchev–Trinajstić information content (AvgIpc) is 3.25. The Balaban J connectivity index is 1.51. The van der Waals surface area contributed by atoms with Gasteiger partial charge >= 0.3 is 0 Å². The summed E-state index contributed by atoms with van der Waals surface area (Å²) in [4.78, 5) is 13.6. The molecule has 5 rings (SSSR count). The molecular weight excluding hydrogens is 599 g/mol. The normalized spacial score (nSPS) is 14.1. The second-order valence-electron chi connectivity index (χ2n) is 8.24. The second-order valence-corrected chi connectivity index (χ2v) is 9.81. The van der Waals surface area contributed by atoms with E-state index in [1.54, 1.807) is 7.11 Å². The minimum Gasteiger partial charge on any atom is -0.493 e. The van der Waals surface area contributed by atoms with E-state index < -0.39 is 0 Å². The largest absolute Gasteiger partial charge is 0.493 e. The van der Waals surface area contributed by atoms with Crippen LogP contribution >= 0.6 is 34.2 Å². The molecule has 7 heteroatoms. The van der Waals surface area contributed by atoms with Crippen LogP contribution in [-0.2, 0) is 11.4 Å². The Labute approximate surface area is 234 Å². The molecule has 4 aromatic carbocycles. The van der Waals surface area contributed by atoms with Crippen molar-refractivity contribution in [3.63, 3.8) is 0 Å². The minimum absolute atomic E-state index is 0.196. The van der Waals surface area contributed by atoms with Crippen molar-refractivity contribution < 1.29 is 14.3 Å². The second kappa shape index (κ2) is 11.2. The summed E-state index contributed by atoms with van der Waals surface area (Å²) in [6, 6.07) is 30.5. The first kappa shape index (κ1) is 25.0. The third-order valence-corrected chi connectivity index (χ3v) is 6.99. The standard InChI is InChI=1S/C30H22ClIN2O3/c1-36-27-18-20(17-26(32)29(27)37-19-22-12-8-9-15-25(22)31)16-24-28(21-10-4-2-5-11-21)33-34(30(24)35)23-13-6-3-7-14-23/h2-18H,19H2,1H3/b24-16-. The highest BCUT2D eigenvalue weighted by atomic mass is 127. The van der Waals surface area contributed by atoms with E-state index in [-0.39, 0.29) is 5.91 Å². The Kier molecular flexibility index (Phi) is 7.58. The highest BCUT2D eigenvalue weighted by Gasteiger charge is 2.32. The van der Waals surface area contributed by atoms with Gasteiger partial charge in [-0.1, -0.05) is 78.3 Å². The number of halogens is 2. The lowest BCUT2D eigenvalue weighted by molar-refractivity contribution is -0.114.